The number of carbonyl (C=O) groups is 1. The van der Waals surface area contributed by atoms with Gasteiger partial charge in [-0.1, -0.05) is 32.0 Å². The molecular weight excluding hydrogens is 350 g/mol. The number of ether oxygens (including phenoxy) is 1. The highest BCUT2D eigenvalue weighted by molar-refractivity contribution is 5.91. The zero-order valence-electron chi connectivity index (χ0n) is 17.1. The number of carbonyl (C=O) groups excluding carboxylic acids is 1. The molecule has 1 aliphatic heterocycles. The van der Waals surface area contributed by atoms with Gasteiger partial charge in [0.15, 0.2) is 0 Å². The van der Waals surface area contributed by atoms with Gasteiger partial charge in [0, 0.05) is 50.5 Å². The van der Waals surface area contributed by atoms with Gasteiger partial charge in [-0.3, -0.25) is 9.69 Å². The molecule has 2 aromatic carbocycles. The number of anilines is 2. The third-order valence-corrected chi connectivity index (χ3v) is 5.32. The Hall–Kier alpha value is -2.53. The van der Waals surface area contributed by atoms with Gasteiger partial charge in [-0.2, -0.15) is 0 Å². The highest BCUT2D eigenvalue weighted by Gasteiger charge is 2.18. The molecule has 28 heavy (non-hydrogen) atoms. The summed E-state index contributed by atoms with van der Waals surface area (Å²) in [5.74, 6) is 1.36. The van der Waals surface area contributed by atoms with Crippen LogP contribution in [0.1, 0.15) is 31.7 Å². The van der Waals surface area contributed by atoms with E-state index in [4.69, 9.17) is 4.74 Å². The van der Waals surface area contributed by atoms with Gasteiger partial charge in [0.2, 0.25) is 5.91 Å². The van der Waals surface area contributed by atoms with Crippen LogP contribution in [0.2, 0.25) is 0 Å². The molecule has 1 N–H and O–H groups in total. The van der Waals surface area contributed by atoms with E-state index in [-0.39, 0.29) is 5.91 Å². The number of hydrogen-bond donors (Lipinski definition) is 1. The Morgan fingerprint density at radius 3 is 2.36 bits per heavy atom. The summed E-state index contributed by atoms with van der Waals surface area (Å²) >= 11 is 0. The Morgan fingerprint density at radius 2 is 1.71 bits per heavy atom. The molecule has 0 aliphatic carbocycles. The number of amides is 1. The first-order valence-electron chi connectivity index (χ1n) is 10.1. The van der Waals surface area contributed by atoms with Crippen molar-refractivity contribution >= 4 is 17.3 Å². The van der Waals surface area contributed by atoms with Crippen molar-refractivity contribution in [2.75, 3.05) is 50.1 Å². The van der Waals surface area contributed by atoms with Crippen molar-refractivity contribution in [2.45, 2.75) is 26.2 Å². The number of hydrogen-bond acceptors (Lipinski definition) is 4. The van der Waals surface area contributed by atoms with Crippen molar-refractivity contribution in [3.63, 3.8) is 0 Å². The Bertz CT molecular complexity index is 766. The van der Waals surface area contributed by atoms with Gasteiger partial charge in [0.25, 0.3) is 0 Å². The number of nitrogens with zero attached hydrogens (tertiary/aromatic N) is 2. The number of para-hydroxylation sites is 1. The van der Waals surface area contributed by atoms with E-state index in [0.717, 1.165) is 44.2 Å². The maximum absolute atomic E-state index is 12.4. The molecule has 1 aliphatic rings. The summed E-state index contributed by atoms with van der Waals surface area (Å²) in [6.45, 7) is 8.99. The van der Waals surface area contributed by atoms with Crippen LogP contribution in [0.25, 0.3) is 0 Å². The van der Waals surface area contributed by atoms with Crippen LogP contribution >= 0.6 is 0 Å². The minimum absolute atomic E-state index is 0.0886. The summed E-state index contributed by atoms with van der Waals surface area (Å²) in [6.07, 6.45) is 0.523. The maximum Gasteiger partial charge on any atom is 0.225 e. The molecule has 150 valence electrons. The van der Waals surface area contributed by atoms with Crippen LogP contribution < -0.4 is 15.0 Å². The monoisotopic (exact) mass is 381 g/mol. The first kappa shape index (κ1) is 20.2. The highest BCUT2D eigenvalue weighted by atomic mass is 16.5. The van der Waals surface area contributed by atoms with Gasteiger partial charge < -0.3 is 15.0 Å². The summed E-state index contributed by atoms with van der Waals surface area (Å²) in [4.78, 5) is 17.2. The first-order valence-corrected chi connectivity index (χ1v) is 10.1. The van der Waals surface area contributed by atoms with Crippen molar-refractivity contribution in [3.05, 3.63) is 54.1 Å². The largest absolute Gasteiger partial charge is 0.497 e. The normalized spacial score (nSPS) is 14.9. The number of benzene rings is 2. The summed E-state index contributed by atoms with van der Waals surface area (Å²) in [6, 6.07) is 16.3. The lowest BCUT2D eigenvalue weighted by Gasteiger charge is -2.36. The van der Waals surface area contributed by atoms with E-state index in [2.05, 4.69) is 47.2 Å². The van der Waals surface area contributed by atoms with Crippen molar-refractivity contribution in [1.82, 2.24) is 4.90 Å². The fourth-order valence-corrected chi connectivity index (χ4v) is 3.61. The topological polar surface area (TPSA) is 44.8 Å². The number of rotatable bonds is 7. The molecule has 5 nitrogen and oxygen atoms in total. The average molecular weight is 382 g/mol. The minimum Gasteiger partial charge on any atom is -0.497 e. The Morgan fingerprint density at radius 1 is 1.04 bits per heavy atom. The average Bonchev–Trinajstić information content (AvgIpc) is 2.73. The molecule has 1 amide bonds. The van der Waals surface area contributed by atoms with E-state index in [1.807, 2.05) is 30.3 Å². The molecule has 0 radical (unpaired) electrons. The Labute approximate surface area is 168 Å². The second-order valence-electron chi connectivity index (χ2n) is 7.57. The SMILES string of the molecule is COc1ccc(N2CCN(CCC(=O)Nc3ccccc3C(C)C)CC2)cc1. The molecule has 0 bridgehead atoms. The molecule has 1 fully saturated rings. The van der Waals surface area contributed by atoms with Crippen molar-refractivity contribution in [1.29, 1.82) is 0 Å². The van der Waals surface area contributed by atoms with Crippen molar-refractivity contribution < 1.29 is 9.53 Å². The maximum atomic E-state index is 12.4. The van der Waals surface area contributed by atoms with Crippen LogP contribution in [-0.4, -0.2) is 50.6 Å². The third kappa shape index (κ3) is 5.26. The molecule has 0 aromatic heterocycles. The summed E-state index contributed by atoms with van der Waals surface area (Å²) in [7, 11) is 1.69. The number of methoxy groups -OCH3 is 1. The fourth-order valence-electron chi connectivity index (χ4n) is 3.61. The third-order valence-electron chi connectivity index (χ3n) is 5.32. The van der Waals surface area contributed by atoms with Gasteiger partial charge in [-0.15, -0.1) is 0 Å². The first-order chi connectivity index (χ1) is 13.6. The van der Waals surface area contributed by atoms with Crippen LogP contribution in [0.3, 0.4) is 0 Å². The van der Waals surface area contributed by atoms with Gasteiger partial charge in [-0.05, 0) is 41.8 Å². The van der Waals surface area contributed by atoms with E-state index in [1.54, 1.807) is 7.11 Å². The minimum atomic E-state index is 0.0886. The summed E-state index contributed by atoms with van der Waals surface area (Å²) in [5.41, 5.74) is 3.35. The van der Waals surface area contributed by atoms with Crippen molar-refractivity contribution in [2.24, 2.45) is 0 Å². The van der Waals surface area contributed by atoms with E-state index < -0.39 is 0 Å². The molecule has 1 saturated heterocycles. The standard InChI is InChI=1S/C23H31N3O2/c1-18(2)21-6-4-5-7-22(21)24-23(27)12-13-25-14-16-26(17-15-25)19-8-10-20(28-3)11-9-19/h4-11,18H,12-17H2,1-3H3,(H,24,27). The second-order valence-corrected chi connectivity index (χ2v) is 7.57. The quantitative estimate of drug-likeness (QED) is 0.788. The molecule has 2 aromatic rings. The predicted octanol–water partition coefficient (Wildman–Crippen LogP) is 3.97. The number of piperazine rings is 1. The molecule has 0 saturated carbocycles. The molecule has 0 atom stereocenters. The number of nitrogens with one attached hydrogen (secondary N) is 1. The lowest BCUT2D eigenvalue weighted by atomic mass is 10.0. The summed E-state index contributed by atoms with van der Waals surface area (Å²) in [5, 5.41) is 3.09. The zero-order valence-corrected chi connectivity index (χ0v) is 17.1. The van der Waals surface area contributed by atoms with E-state index >= 15 is 0 Å². The van der Waals surface area contributed by atoms with Gasteiger partial charge in [0.05, 0.1) is 7.11 Å². The van der Waals surface area contributed by atoms with Crippen LogP contribution in [0.5, 0.6) is 5.75 Å². The molecule has 1 heterocycles. The van der Waals surface area contributed by atoms with Crippen LogP contribution in [0.15, 0.2) is 48.5 Å². The lowest BCUT2D eigenvalue weighted by Crippen LogP contribution is -2.47. The van der Waals surface area contributed by atoms with E-state index in [1.165, 1.54) is 11.3 Å². The van der Waals surface area contributed by atoms with Gasteiger partial charge >= 0.3 is 0 Å². The smallest absolute Gasteiger partial charge is 0.225 e. The van der Waals surface area contributed by atoms with E-state index in [9.17, 15) is 4.79 Å². The molecule has 0 unspecified atom stereocenters. The van der Waals surface area contributed by atoms with E-state index in [0.29, 0.717) is 12.3 Å². The zero-order chi connectivity index (χ0) is 19.9. The van der Waals surface area contributed by atoms with Crippen LogP contribution in [-0.2, 0) is 4.79 Å². The molecule has 0 spiro atoms. The Balaban J connectivity index is 1.44. The summed E-state index contributed by atoms with van der Waals surface area (Å²) < 4.78 is 5.23. The Kier molecular flexibility index (Phi) is 6.93. The molecule has 5 heteroatoms. The predicted molar refractivity (Wildman–Crippen MR) is 115 cm³/mol. The fraction of sp³-hybridized carbons (Fsp3) is 0.435. The molecule has 3 rings (SSSR count). The van der Waals surface area contributed by atoms with Crippen LogP contribution in [0, 0.1) is 0 Å². The van der Waals surface area contributed by atoms with Crippen molar-refractivity contribution in [3.8, 4) is 5.75 Å². The van der Waals surface area contributed by atoms with Crippen LogP contribution in [0.4, 0.5) is 11.4 Å². The molecular formula is C23H31N3O2. The van der Waals surface area contributed by atoms with Gasteiger partial charge in [0.1, 0.15) is 5.75 Å². The van der Waals surface area contributed by atoms with Gasteiger partial charge in [-0.25, -0.2) is 0 Å². The second kappa shape index (κ2) is 9.60. The highest BCUT2D eigenvalue weighted by Crippen LogP contribution is 2.24. The lowest BCUT2D eigenvalue weighted by molar-refractivity contribution is -0.116.